The van der Waals surface area contributed by atoms with E-state index in [1.165, 1.54) is 5.57 Å². The van der Waals surface area contributed by atoms with Crippen LogP contribution in [0.25, 0.3) is 0 Å². The molecule has 6 heteroatoms. The van der Waals surface area contributed by atoms with Gasteiger partial charge in [-0.3, -0.25) is 4.79 Å². The maximum Gasteiger partial charge on any atom is 0.310 e. The lowest BCUT2D eigenvalue weighted by molar-refractivity contribution is -0.238. The number of carbonyl (C=O) groups is 2. The first-order valence-corrected chi connectivity index (χ1v) is 13.8. The zero-order chi connectivity index (χ0) is 26.5. The highest BCUT2D eigenvalue weighted by molar-refractivity contribution is 5.77. The molecule has 0 aromatic carbocycles. The van der Waals surface area contributed by atoms with Crippen LogP contribution in [0.1, 0.15) is 79.1 Å². The van der Waals surface area contributed by atoms with E-state index in [1.807, 2.05) is 0 Å². The summed E-state index contributed by atoms with van der Waals surface area (Å²) in [6.45, 7) is 12.8. The van der Waals surface area contributed by atoms with Crippen molar-refractivity contribution in [3.8, 4) is 0 Å². The van der Waals surface area contributed by atoms with Crippen LogP contribution in [0.3, 0.4) is 0 Å². The van der Waals surface area contributed by atoms with E-state index < -0.39 is 41.0 Å². The predicted molar refractivity (Wildman–Crippen MR) is 136 cm³/mol. The molecule has 0 aromatic heterocycles. The molecule has 3 unspecified atom stereocenters. The molecule has 0 aliphatic heterocycles. The minimum absolute atomic E-state index is 0.0661. The van der Waals surface area contributed by atoms with E-state index in [0.717, 1.165) is 31.3 Å². The van der Waals surface area contributed by atoms with Crippen molar-refractivity contribution in [2.45, 2.75) is 91.3 Å². The van der Waals surface area contributed by atoms with Gasteiger partial charge in [-0.2, -0.15) is 0 Å². The summed E-state index contributed by atoms with van der Waals surface area (Å²) in [5.41, 5.74) is -0.479. The molecule has 0 aromatic rings. The van der Waals surface area contributed by atoms with Gasteiger partial charge >= 0.3 is 5.97 Å². The fraction of sp³-hybridized carbons (Fsp3) is 0.800. The van der Waals surface area contributed by atoms with Gasteiger partial charge in [0.15, 0.2) is 0 Å². The van der Waals surface area contributed by atoms with E-state index in [0.29, 0.717) is 32.0 Å². The fourth-order valence-electron chi connectivity index (χ4n) is 10.6. The van der Waals surface area contributed by atoms with Gasteiger partial charge in [-0.1, -0.05) is 51.5 Å². The average Bonchev–Trinajstić information content (AvgIpc) is 2.83. The van der Waals surface area contributed by atoms with Crippen molar-refractivity contribution < 1.29 is 30.0 Å². The summed E-state index contributed by atoms with van der Waals surface area (Å²) in [7, 11) is 0. The highest BCUT2D eigenvalue weighted by Crippen LogP contribution is 2.75. The van der Waals surface area contributed by atoms with Gasteiger partial charge in [-0.25, -0.2) is 0 Å². The zero-order valence-electron chi connectivity index (χ0n) is 22.3. The molecule has 4 fully saturated rings. The molecule has 0 spiro atoms. The van der Waals surface area contributed by atoms with Crippen molar-refractivity contribution in [2.75, 3.05) is 6.61 Å². The number of hydrogen-bond acceptors (Lipinski definition) is 5. The Labute approximate surface area is 214 Å². The summed E-state index contributed by atoms with van der Waals surface area (Å²) >= 11 is 0. The minimum Gasteiger partial charge on any atom is -0.481 e. The Morgan fingerprint density at radius 1 is 1.14 bits per heavy atom. The normalized spacial score (nSPS) is 54.3. The second kappa shape index (κ2) is 8.00. The lowest BCUT2D eigenvalue weighted by Gasteiger charge is -2.71. The number of allylic oxidation sites excluding steroid dienone is 3. The van der Waals surface area contributed by atoms with Crippen molar-refractivity contribution >= 4 is 12.3 Å². The van der Waals surface area contributed by atoms with Crippen LogP contribution in [0.2, 0.25) is 0 Å². The Morgan fingerprint density at radius 3 is 2.44 bits per heavy atom. The van der Waals surface area contributed by atoms with Crippen LogP contribution in [0.5, 0.6) is 0 Å². The van der Waals surface area contributed by atoms with E-state index in [1.54, 1.807) is 0 Å². The van der Waals surface area contributed by atoms with Crippen LogP contribution in [0.4, 0.5) is 0 Å². The molecule has 11 atom stereocenters. The SMILES string of the molecule is C=C1CC[C@]2(C(=O)O)CC[C@]3(C)C(=CCC4[C@@]5(C)C[C@@H](O)[C@@H](O)[C@](C=O)(CO)C5CC[C@]43C)C2[C@H]1C. The first-order chi connectivity index (χ1) is 16.8. The molecule has 6 nitrogen and oxygen atoms in total. The number of carbonyl (C=O) groups excluding carboxylic acids is 1. The van der Waals surface area contributed by atoms with Crippen LogP contribution in [-0.2, 0) is 9.59 Å². The molecule has 4 N–H and O–H groups in total. The summed E-state index contributed by atoms with van der Waals surface area (Å²) in [6.07, 6.45) is 6.21. The highest BCUT2D eigenvalue weighted by Gasteiger charge is 2.71. The summed E-state index contributed by atoms with van der Waals surface area (Å²) in [4.78, 5) is 25.2. The van der Waals surface area contributed by atoms with E-state index in [2.05, 4.69) is 40.3 Å². The molecule has 0 saturated heterocycles. The van der Waals surface area contributed by atoms with Crippen LogP contribution < -0.4 is 0 Å². The standard InChI is InChI=1S/C30H44O6/c1-17-8-11-29(25(35)36)13-12-27(4)19(23(29)18(17)2)6-7-21-26(3)14-20(33)24(34)30(15-31,16-32)22(26)9-10-28(21,27)5/h6,15,18,20-24,32-34H,1,7-14,16H2,2-5H3,(H,35,36)/t18-,20+,21?,22?,23?,24+,26+,27+,28+,29-,30+/m0/s1. The monoisotopic (exact) mass is 500 g/mol. The minimum atomic E-state index is -1.36. The third-order valence-electron chi connectivity index (χ3n) is 13.0. The number of hydrogen-bond donors (Lipinski definition) is 4. The third kappa shape index (κ3) is 2.84. The van der Waals surface area contributed by atoms with Gasteiger partial charge in [0.25, 0.3) is 0 Å². The first kappa shape index (κ1) is 26.1. The Morgan fingerprint density at radius 2 is 1.83 bits per heavy atom. The van der Waals surface area contributed by atoms with E-state index >= 15 is 0 Å². The molecule has 4 saturated carbocycles. The second-order valence-electron chi connectivity index (χ2n) is 13.8. The quantitative estimate of drug-likeness (QED) is 0.342. The number of aliphatic hydroxyl groups is 3. The van der Waals surface area contributed by atoms with Crippen molar-refractivity contribution in [1.29, 1.82) is 0 Å². The van der Waals surface area contributed by atoms with E-state index in [9.17, 15) is 30.0 Å². The Kier molecular flexibility index (Phi) is 5.81. The fourth-order valence-corrected chi connectivity index (χ4v) is 10.6. The smallest absolute Gasteiger partial charge is 0.310 e. The van der Waals surface area contributed by atoms with E-state index in [-0.39, 0.29) is 34.5 Å². The van der Waals surface area contributed by atoms with Gasteiger partial charge in [0.2, 0.25) is 0 Å². The third-order valence-corrected chi connectivity index (χ3v) is 13.0. The number of carboxylic acid groups (broad SMARTS) is 1. The molecule has 36 heavy (non-hydrogen) atoms. The average molecular weight is 501 g/mol. The number of aliphatic hydroxyl groups excluding tert-OH is 3. The summed E-state index contributed by atoms with van der Waals surface area (Å²) < 4.78 is 0. The summed E-state index contributed by atoms with van der Waals surface area (Å²) in [6, 6.07) is 0. The molecule has 0 amide bonds. The van der Waals surface area contributed by atoms with Gasteiger partial charge in [-0.15, -0.1) is 0 Å². The Hall–Kier alpha value is -1.50. The van der Waals surface area contributed by atoms with Crippen LogP contribution in [0.15, 0.2) is 23.8 Å². The van der Waals surface area contributed by atoms with Crippen LogP contribution >= 0.6 is 0 Å². The number of carboxylic acids is 1. The zero-order valence-corrected chi connectivity index (χ0v) is 22.3. The molecule has 5 aliphatic rings. The van der Waals surface area contributed by atoms with Crippen LogP contribution in [0, 0.1) is 50.7 Å². The number of aliphatic carboxylic acids is 1. The molecule has 5 aliphatic carbocycles. The highest BCUT2D eigenvalue weighted by atomic mass is 16.4. The maximum atomic E-state index is 12.8. The molecular formula is C30H44O6. The molecule has 0 heterocycles. The molecule has 200 valence electrons. The van der Waals surface area contributed by atoms with Crippen molar-refractivity contribution in [1.82, 2.24) is 0 Å². The van der Waals surface area contributed by atoms with Crippen molar-refractivity contribution in [2.24, 2.45) is 50.7 Å². The topological polar surface area (TPSA) is 115 Å². The summed E-state index contributed by atoms with van der Waals surface area (Å²) in [5, 5.41) is 42.7. The second-order valence-corrected chi connectivity index (χ2v) is 13.8. The van der Waals surface area contributed by atoms with Crippen molar-refractivity contribution in [3.63, 3.8) is 0 Å². The lowest BCUT2D eigenvalue weighted by atomic mass is 9.33. The number of rotatable bonds is 3. The number of fused-ring (bicyclic) bond motifs is 7. The van der Waals surface area contributed by atoms with Crippen molar-refractivity contribution in [3.05, 3.63) is 23.8 Å². The van der Waals surface area contributed by atoms with Gasteiger partial charge in [0, 0.05) is 5.92 Å². The predicted octanol–water partition coefficient (Wildman–Crippen LogP) is 4.13. The van der Waals surface area contributed by atoms with E-state index in [4.69, 9.17) is 0 Å². The molecule has 5 rings (SSSR count). The Balaban J connectivity index is 1.64. The first-order valence-electron chi connectivity index (χ1n) is 13.8. The van der Waals surface area contributed by atoms with Gasteiger partial charge < -0.3 is 25.2 Å². The number of aldehydes is 1. The Bertz CT molecular complexity index is 1020. The maximum absolute atomic E-state index is 12.8. The summed E-state index contributed by atoms with van der Waals surface area (Å²) in [5.74, 6) is -0.719. The molecular weight excluding hydrogens is 456 g/mol. The van der Waals surface area contributed by atoms with Gasteiger partial charge in [0.05, 0.1) is 29.6 Å². The lowest BCUT2D eigenvalue weighted by Crippen LogP contribution is -2.69. The molecule has 0 bridgehead atoms. The largest absolute Gasteiger partial charge is 0.481 e. The van der Waals surface area contributed by atoms with Crippen LogP contribution in [-0.4, -0.2) is 51.5 Å². The molecule has 0 radical (unpaired) electrons. The van der Waals surface area contributed by atoms with Gasteiger partial charge in [-0.05, 0) is 85.4 Å². The van der Waals surface area contributed by atoms with Gasteiger partial charge in [0.1, 0.15) is 6.29 Å².